The van der Waals surface area contributed by atoms with Gasteiger partial charge in [0, 0.05) is 11.1 Å². The summed E-state index contributed by atoms with van der Waals surface area (Å²) in [7, 11) is 1.63. The molecule has 0 aliphatic carbocycles. The van der Waals surface area contributed by atoms with Crippen LogP contribution in [0, 0.1) is 0 Å². The van der Waals surface area contributed by atoms with Gasteiger partial charge in [-0.05, 0) is 35.7 Å². The molecular formula is C19H17N3O2S. The van der Waals surface area contributed by atoms with Crippen LogP contribution in [0.25, 0.3) is 0 Å². The molecular weight excluding hydrogens is 334 g/mol. The van der Waals surface area contributed by atoms with Crippen LogP contribution in [0.4, 0.5) is 5.69 Å². The number of methoxy groups -OCH3 is 1. The Balaban J connectivity index is 1.71. The minimum atomic E-state index is -0.331. The number of carbonyl (C=O) groups is 1. The number of amides is 1. The van der Waals surface area contributed by atoms with Crippen molar-refractivity contribution in [3.8, 4) is 5.75 Å². The number of hydrogen-bond donors (Lipinski definition) is 1. The molecule has 126 valence electrons. The van der Waals surface area contributed by atoms with Crippen LogP contribution >= 0.6 is 11.3 Å². The standard InChI is InChI=1S/C19H17N3O2S/c1-24-16-9-3-2-8-15(16)21-18-17-14(7-4-10-20-17)19(23)22(18)12-13-6-5-11-25-13/h2-11,18,21H,12H2,1H3. The minimum Gasteiger partial charge on any atom is -0.495 e. The molecule has 1 unspecified atom stereocenters. The highest BCUT2D eigenvalue weighted by atomic mass is 32.1. The molecule has 0 spiro atoms. The van der Waals surface area contributed by atoms with Crippen LogP contribution in [0.3, 0.4) is 0 Å². The number of fused-ring (bicyclic) bond motifs is 1. The summed E-state index contributed by atoms with van der Waals surface area (Å²) in [6.45, 7) is 0.541. The Bertz CT molecular complexity index is 895. The van der Waals surface area contributed by atoms with Crippen LogP contribution in [-0.4, -0.2) is 22.9 Å². The largest absolute Gasteiger partial charge is 0.495 e. The van der Waals surface area contributed by atoms with Crippen molar-refractivity contribution in [3.63, 3.8) is 0 Å². The molecule has 1 atom stereocenters. The Morgan fingerprint density at radius 3 is 2.88 bits per heavy atom. The van der Waals surface area contributed by atoms with E-state index in [0.29, 0.717) is 12.1 Å². The minimum absolute atomic E-state index is 0.0103. The van der Waals surface area contributed by atoms with Crippen molar-refractivity contribution in [3.05, 3.63) is 76.2 Å². The smallest absolute Gasteiger partial charge is 0.258 e. The molecule has 0 fully saturated rings. The number of carbonyl (C=O) groups excluding carboxylic acids is 1. The Morgan fingerprint density at radius 1 is 1.20 bits per heavy atom. The van der Waals surface area contributed by atoms with Gasteiger partial charge in [-0.1, -0.05) is 18.2 Å². The van der Waals surface area contributed by atoms with Crippen molar-refractivity contribution >= 4 is 22.9 Å². The second-order valence-corrected chi connectivity index (χ2v) is 6.73. The highest BCUT2D eigenvalue weighted by molar-refractivity contribution is 7.09. The predicted octanol–water partition coefficient (Wildman–Crippen LogP) is 3.92. The van der Waals surface area contributed by atoms with Crippen LogP contribution in [0.5, 0.6) is 5.75 Å². The molecule has 5 nitrogen and oxygen atoms in total. The van der Waals surface area contributed by atoms with Gasteiger partial charge in [0.05, 0.1) is 30.6 Å². The number of hydrogen-bond acceptors (Lipinski definition) is 5. The molecule has 1 aromatic carbocycles. The van der Waals surface area contributed by atoms with Crippen molar-refractivity contribution in [2.75, 3.05) is 12.4 Å². The number of ether oxygens (including phenoxy) is 1. The van der Waals surface area contributed by atoms with Gasteiger partial charge in [0.15, 0.2) is 0 Å². The average Bonchev–Trinajstić information content (AvgIpc) is 3.25. The van der Waals surface area contributed by atoms with E-state index < -0.39 is 0 Å². The van der Waals surface area contributed by atoms with Gasteiger partial charge in [0.1, 0.15) is 11.9 Å². The lowest BCUT2D eigenvalue weighted by Crippen LogP contribution is -2.31. The first-order chi connectivity index (χ1) is 12.3. The molecule has 1 aliphatic rings. The highest BCUT2D eigenvalue weighted by Gasteiger charge is 2.38. The first-order valence-electron chi connectivity index (χ1n) is 7.96. The number of para-hydroxylation sites is 2. The first kappa shape index (κ1) is 15.7. The molecule has 0 bridgehead atoms. The third-order valence-electron chi connectivity index (χ3n) is 4.21. The Hall–Kier alpha value is -2.86. The summed E-state index contributed by atoms with van der Waals surface area (Å²) in [5.74, 6) is 0.722. The van der Waals surface area contributed by atoms with Gasteiger partial charge in [-0.2, -0.15) is 0 Å². The third-order valence-corrected chi connectivity index (χ3v) is 5.07. The molecule has 1 amide bonds. The average molecular weight is 351 g/mol. The van der Waals surface area contributed by atoms with E-state index in [4.69, 9.17) is 4.74 Å². The van der Waals surface area contributed by atoms with Crippen LogP contribution in [0.1, 0.15) is 27.1 Å². The number of benzene rings is 1. The maximum absolute atomic E-state index is 12.9. The number of pyridine rings is 1. The number of nitrogens with one attached hydrogen (secondary N) is 1. The van der Waals surface area contributed by atoms with Gasteiger partial charge in [0.2, 0.25) is 0 Å². The van der Waals surface area contributed by atoms with Gasteiger partial charge in [-0.3, -0.25) is 9.78 Å². The summed E-state index contributed by atoms with van der Waals surface area (Å²) in [4.78, 5) is 20.3. The summed E-state index contributed by atoms with van der Waals surface area (Å²) in [5, 5.41) is 5.45. The van der Waals surface area contributed by atoms with Crippen LogP contribution in [0.2, 0.25) is 0 Å². The van der Waals surface area contributed by atoms with Crippen LogP contribution in [-0.2, 0) is 6.54 Å². The van der Waals surface area contributed by atoms with Gasteiger partial charge in [-0.25, -0.2) is 0 Å². The van der Waals surface area contributed by atoms with E-state index in [-0.39, 0.29) is 12.1 Å². The summed E-state index contributed by atoms with van der Waals surface area (Å²) >= 11 is 1.64. The molecule has 0 saturated heterocycles. The highest BCUT2D eigenvalue weighted by Crippen LogP contribution is 2.36. The Kier molecular flexibility index (Phi) is 4.11. The van der Waals surface area contributed by atoms with Gasteiger partial charge >= 0.3 is 0 Å². The second kappa shape index (κ2) is 6.57. The molecule has 2 aromatic heterocycles. The van der Waals surface area contributed by atoms with Crippen molar-refractivity contribution in [1.82, 2.24) is 9.88 Å². The topological polar surface area (TPSA) is 54.5 Å². The monoisotopic (exact) mass is 351 g/mol. The van der Waals surface area contributed by atoms with Crippen molar-refractivity contribution in [2.45, 2.75) is 12.7 Å². The Morgan fingerprint density at radius 2 is 2.08 bits per heavy atom. The summed E-state index contributed by atoms with van der Waals surface area (Å²) in [6.07, 6.45) is 1.39. The number of rotatable bonds is 5. The zero-order chi connectivity index (χ0) is 17.2. The maximum Gasteiger partial charge on any atom is 0.258 e. The van der Waals surface area contributed by atoms with Gasteiger partial charge in [0.25, 0.3) is 5.91 Å². The number of anilines is 1. The van der Waals surface area contributed by atoms with E-state index in [9.17, 15) is 4.79 Å². The van der Waals surface area contributed by atoms with Crippen molar-refractivity contribution in [2.24, 2.45) is 0 Å². The van der Waals surface area contributed by atoms with E-state index in [1.165, 1.54) is 0 Å². The van der Waals surface area contributed by atoms with Gasteiger partial charge in [-0.15, -0.1) is 11.3 Å². The van der Waals surface area contributed by atoms with Crippen molar-refractivity contribution in [1.29, 1.82) is 0 Å². The van der Waals surface area contributed by atoms with E-state index >= 15 is 0 Å². The zero-order valence-electron chi connectivity index (χ0n) is 13.7. The summed E-state index contributed by atoms with van der Waals surface area (Å²) in [5.41, 5.74) is 2.22. The van der Waals surface area contributed by atoms with Crippen LogP contribution in [0.15, 0.2) is 60.1 Å². The predicted molar refractivity (Wildman–Crippen MR) is 97.8 cm³/mol. The number of aromatic nitrogens is 1. The molecule has 25 heavy (non-hydrogen) atoms. The van der Waals surface area contributed by atoms with E-state index in [1.807, 2.05) is 52.7 Å². The maximum atomic E-state index is 12.9. The van der Waals surface area contributed by atoms with E-state index in [0.717, 1.165) is 22.0 Å². The van der Waals surface area contributed by atoms with E-state index in [2.05, 4.69) is 10.3 Å². The molecule has 6 heteroatoms. The summed E-state index contributed by atoms with van der Waals surface area (Å²) < 4.78 is 5.43. The molecule has 0 saturated carbocycles. The number of nitrogens with zero attached hydrogens (tertiary/aromatic N) is 2. The molecule has 4 rings (SSSR count). The Labute approximate surface area is 149 Å². The van der Waals surface area contributed by atoms with Gasteiger partial charge < -0.3 is 15.0 Å². The molecule has 0 radical (unpaired) electrons. The SMILES string of the molecule is COc1ccccc1NC1c2ncccc2C(=O)N1Cc1cccs1. The van der Waals surface area contributed by atoms with Crippen LogP contribution < -0.4 is 10.1 Å². The van der Waals surface area contributed by atoms with Crippen molar-refractivity contribution < 1.29 is 9.53 Å². The molecule has 3 heterocycles. The lowest BCUT2D eigenvalue weighted by molar-refractivity contribution is 0.0729. The fraction of sp³-hybridized carbons (Fsp3) is 0.158. The fourth-order valence-corrected chi connectivity index (χ4v) is 3.73. The molecule has 1 N–H and O–H groups in total. The lowest BCUT2D eigenvalue weighted by atomic mass is 10.2. The quantitative estimate of drug-likeness (QED) is 0.757. The zero-order valence-corrected chi connectivity index (χ0v) is 14.5. The third kappa shape index (κ3) is 2.85. The lowest BCUT2D eigenvalue weighted by Gasteiger charge is -2.26. The second-order valence-electron chi connectivity index (χ2n) is 5.70. The summed E-state index contributed by atoms with van der Waals surface area (Å²) in [6, 6.07) is 15.3. The fourth-order valence-electron chi connectivity index (χ4n) is 3.03. The number of thiophene rings is 1. The molecule has 1 aliphatic heterocycles. The first-order valence-corrected chi connectivity index (χ1v) is 8.83. The normalized spacial score (nSPS) is 16.0. The molecule has 3 aromatic rings. The van der Waals surface area contributed by atoms with E-state index in [1.54, 1.807) is 30.7 Å².